The van der Waals surface area contributed by atoms with E-state index in [2.05, 4.69) is 20.9 Å². The minimum atomic E-state index is -0.983. The van der Waals surface area contributed by atoms with Crippen LogP contribution in [0.4, 0.5) is 8.78 Å². The van der Waals surface area contributed by atoms with Crippen LogP contribution < -0.4 is 0 Å². The van der Waals surface area contributed by atoms with Crippen LogP contribution in [0, 0.1) is 11.6 Å². The molecule has 1 N–H and O–H groups in total. The van der Waals surface area contributed by atoms with Crippen molar-refractivity contribution in [2.24, 2.45) is 0 Å². The molecular weight excluding hydrogens is 304 g/mol. The minimum Gasteiger partial charge on any atom is -0.388 e. The molecule has 2 nitrogen and oxygen atoms in total. The molecule has 0 radical (unpaired) electrons. The van der Waals surface area contributed by atoms with Crippen LogP contribution in [-0.2, 0) is 6.42 Å². The predicted octanol–water partition coefficient (Wildman–Crippen LogP) is 3.40. The molecule has 0 aliphatic carbocycles. The summed E-state index contributed by atoms with van der Waals surface area (Å²) in [6.07, 6.45) is 0.827. The second kappa shape index (κ2) is 5.54. The van der Waals surface area contributed by atoms with Gasteiger partial charge in [0.15, 0.2) is 0 Å². The summed E-state index contributed by atoms with van der Waals surface area (Å²) < 4.78 is 26.8. The summed E-state index contributed by atoms with van der Waals surface area (Å²) in [5, 5.41) is 9.91. The molecule has 5 heteroatoms. The van der Waals surface area contributed by atoms with Crippen molar-refractivity contribution in [3.8, 4) is 0 Å². The molecule has 0 aliphatic heterocycles. The third-order valence-electron chi connectivity index (χ3n) is 2.46. The van der Waals surface area contributed by atoms with E-state index in [1.54, 1.807) is 18.3 Å². The van der Waals surface area contributed by atoms with Crippen LogP contribution in [0.3, 0.4) is 0 Å². The Morgan fingerprint density at radius 1 is 1.17 bits per heavy atom. The van der Waals surface area contributed by atoms with E-state index in [1.807, 2.05) is 0 Å². The lowest BCUT2D eigenvalue weighted by Crippen LogP contribution is -2.04. The summed E-state index contributed by atoms with van der Waals surface area (Å²) >= 11 is 3.25. The highest BCUT2D eigenvalue weighted by Gasteiger charge is 2.12. The van der Waals surface area contributed by atoms with Crippen molar-refractivity contribution in [1.82, 2.24) is 4.98 Å². The number of aliphatic hydroxyl groups is 1. The number of hydrogen-bond acceptors (Lipinski definition) is 2. The first kappa shape index (κ1) is 13.1. The van der Waals surface area contributed by atoms with Crippen LogP contribution in [0.25, 0.3) is 0 Å². The molecule has 2 aromatic rings. The Bertz CT molecular complexity index is 525. The first-order chi connectivity index (χ1) is 8.54. The molecule has 0 saturated carbocycles. The van der Waals surface area contributed by atoms with Crippen LogP contribution >= 0.6 is 15.9 Å². The topological polar surface area (TPSA) is 33.1 Å². The Morgan fingerprint density at radius 3 is 2.39 bits per heavy atom. The largest absolute Gasteiger partial charge is 0.388 e. The van der Waals surface area contributed by atoms with Crippen LogP contribution in [-0.4, -0.2) is 10.1 Å². The van der Waals surface area contributed by atoms with Gasteiger partial charge in [0.05, 0.1) is 6.10 Å². The van der Waals surface area contributed by atoms with Crippen LogP contribution in [0.1, 0.15) is 17.4 Å². The summed E-state index contributed by atoms with van der Waals surface area (Å²) in [4.78, 5) is 4.09. The first-order valence-corrected chi connectivity index (χ1v) is 6.08. The SMILES string of the molecule is OC(Cc1ccc(Br)cn1)c1cc(F)cc(F)c1. The molecule has 0 saturated heterocycles. The van der Waals surface area contributed by atoms with Gasteiger partial charge < -0.3 is 5.11 Å². The minimum absolute atomic E-state index is 0.205. The van der Waals surface area contributed by atoms with Crippen molar-refractivity contribution in [1.29, 1.82) is 0 Å². The zero-order valence-electron chi connectivity index (χ0n) is 9.28. The summed E-state index contributed by atoms with van der Waals surface area (Å²) in [6.45, 7) is 0. The van der Waals surface area contributed by atoms with E-state index in [-0.39, 0.29) is 12.0 Å². The summed E-state index contributed by atoms with van der Waals surface area (Å²) in [6, 6.07) is 6.54. The number of halogens is 3. The fraction of sp³-hybridized carbons (Fsp3) is 0.154. The van der Waals surface area contributed by atoms with Crippen LogP contribution in [0.15, 0.2) is 41.0 Å². The number of rotatable bonds is 3. The second-order valence-corrected chi connectivity index (χ2v) is 4.81. The molecule has 2 rings (SSSR count). The average molecular weight is 314 g/mol. The number of hydrogen-bond donors (Lipinski definition) is 1. The molecule has 0 bridgehead atoms. The maximum atomic E-state index is 13.0. The zero-order chi connectivity index (χ0) is 13.1. The summed E-state index contributed by atoms with van der Waals surface area (Å²) in [7, 11) is 0. The van der Waals surface area contributed by atoms with Gasteiger partial charge in [-0.15, -0.1) is 0 Å². The predicted molar refractivity (Wildman–Crippen MR) is 67.0 cm³/mol. The van der Waals surface area contributed by atoms with Gasteiger partial charge in [0.1, 0.15) is 11.6 Å². The van der Waals surface area contributed by atoms with Crippen molar-refractivity contribution in [3.63, 3.8) is 0 Å². The normalized spacial score (nSPS) is 12.4. The summed E-state index contributed by atoms with van der Waals surface area (Å²) in [5.41, 5.74) is 0.854. The molecule has 0 fully saturated rings. The number of nitrogens with zero attached hydrogens (tertiary/aromatic N) is 1. The van der Waals surface area contributed by atoms with E-state index in [1.165, 1.54) is 0 Å². The molecule has 94 valence electrons. The van der Waals surface area contributed by atoms with Gasteiger partial charge in [-0.3, -0.25) is 4.98 Å². The van der Waals surface area contributed by atoms with E-state index in [0.717, 1.165) is 22.7 Å². The highest BCUT2D eigenvalue weighted by Crippen LogP contribution is 2.20. The summed E-state index contributed by atoms with van der Waals surface area (Å²) in [5.74, 6) is -1.40. The maximum Gasteiger partial charge on any atom is 0.126 e. The van der Waals surface area contributed by atoms with E-state index < -0.39 is 17.7 Å². The van der Waals surface area contributed by atoms with Crippen LogP contribution in [0.2, 0.25) is 0 Å². The maximum absolute atomic E-state index is 13.0. The van der Waals surface area contributed by atoms with Crippen molar-refractivity contribution in [3.05, 3.63) is 63.9 Å². The Balaban J connectivity index is 2.16. The van der Waals surface area contributed by atoms with E-state index in [4.69, 9.17) is 0 Å². The molecule has 0 amide bonds. The van der Waals surface area contributed by atoms with Gasteiger partial charge in [-0.2, -0.15) is 0 Å². The number of aromatic nitrogens is 1. The van der Waals surface area contributed by atoms with Crippen molar-refractivity contribution < 1.29 is 13.9 Å². The lowest BCUT2D eigenvalue weighted by molar-refractivity contribution is 0.176. The lowest BCUT2D eigenvalue weighted by atomic mass is 10.0. The number of aliphatic hydroxyl groups excluding tert-OH is 1. The average Bonchev–Trinajstić information content (AvgIpc) is 2.31. The highest BCUT2D eigenvalue weighted by atomic mass is 79.9. The Kier molecular flexibility index (Phi) is 4.04. The van der Waals surface area contributed by atoms with Gasteiger partial charge in [-0.1, -0.05) is 0 Å². The Labute approximate surface area is 111 Å². The molecule has 1 atom stereocenters. The quantitative estimate of drug-likeness (QED) is 0.942. The third-order valence-corrected chi connectivity index (χ3v) is 2.93. The molecule has 1 aromatic carbocycles. The van der Waals surface area contributed by atoms with Crippen molar-refractivity contribution in [2.45, 2.75) is 12.5 Å². The molecule has 18 heavy (non-hydrogen) atoms. The monoisotopic (exact) mass is 313 g/mol. The van der Waals surface area contributed by atoms with Crippen LogP contribution in [0.5, 0.6) is 0 Å². The smallest absolute Gasteiger partial charge is 0.126 e. The van der Waals surface area contributed by atoms with Gasteiger partial charge in [0.25, 0.3) is 0 Å². The molecule has 1 heterocycles. The van der Waals surface area contributed by atoms with Gasteiger partial charge in [-0.05, 0) is 45.8 Å². The standard InChI is InChI=1S/C13H10BrF2NO/c14-9-1-2-12(17-7-9)6-13(18)8-3-10(15)5-11(16)4-8/h1-5,7,13,18H,6H2. The highest BCUT2D eigenvalue weighted by molar-refractivity contribution is 9.10. The van der Waals surface area contributed by atoms with Gasteiger partial charge in [0.2, 0.25) is 0 Å². The number of pyridine rings is 1. The van der Waals surface area contributed by atoms with Gasteiger partial charge in [0, 0.05) is 28.9 Å². The fourth-order valence-corrected chi connectivity index (χ4v) is 1.85. The van der Waals surface area contributed by atoms with Gasteiger partial charge in [-0.25, -0.2) is 8.78 Å². The van der Waals surface area contributed by atoms with Crippen molar-refractivity contribution in [2.75, 3.05) is 0 Å². The third kappa shape index (κ3) is 3.34. The first-order valence-electron chi connectivity index (χ1n) is 5.29. The lowest BCUT2D eigenvalue weighted by Gasteiger charge is -2.11. The Hall–Kier alpha value is -1.33. The zero-order valence-corrected chi connectivity index (χ0v) is 10.9. The molecular formula is C13H10BrF2NO. The molecule has 0 spiro atoms. The molecule has 0 aliphatic rings. The van der Waals surface area contributed by atoms with E-state index in [0.29, 0.717) is 5.69 Å². The van der Waals surface area contributed by atoms with E-state index in [9.17, 15) is 13.9 Å². The number of benzene rings is 1. The molecule has 1 unspecified atom stereocenters. The fourth-order valence-electron chi connectivity index (χ4n) is 1.61. The van der Waals surface area contributed by atoms with E-state index >= 15 is 0 Å². The Morgan fingerprint density at radius 2 is 1.83 bits per heavy atom. The second-order valence-electron chi connectivity index (χ2n) is 3.89. The van der Waals surface area contributed by atoms with Gasteiger partial charge >= 0.3 is 0 Å². The molecule has 1 aromatic heterocycles. The van der Waals surface area contributed by atoms with Crippen molar-refractivity contribution >= 4 is 15.9 Å².